The van der Waals surface area contributed by atoms with E-state index in [1.165, 1.54) is 19.4 Å². The number of hydrogen-bond donors (Lipinski definition) is 5. The van der Waals surface area contributed by atoms with E-state index in [0.29, 0.717) is 35.3 Å². The number of H-pyrrole nitrogens is 2. The van der Waals surface area contributed by atoms with Crippen molar-refractivity contribution in [1.82, 2.24) is 30.6 Å². The third-order valence-electron chi connectivity index (χ3n) is 7.32. The number of hydrogen-bond acceptors (Lipinski definition) is 9. The van der Waals surface area contributed by atoms with Crippen molar-refractivity contribution < 1.29 is 38.5 Å². The number of benzene rings is 2. The summed E-state index contributed by atoms with van der Waals surface area (Å²) in [6, 6.07) is 24.3. The lowest BCUT2D eigenvalue weighted by Gasteiger charge is -2.07. The molecule has 0 atom stereocenters. The molecular formula is C38H34N6O8. The molecule has 14 nitrogen and oxygen atoms in total. The van der Waals surface area contributed by atoms with E-state index < -0.39 is 5.97 Å². The van der Waals surface area contributed by atoms with Crippen molar-refractivity contribution in [3.8, 4) is 45.3 Å². The molecule has 0 aliphatic rings. The standard InChI is InChI=1S/C20H19N3O4.C18H15N3O4/c1-3-26-20(25)18-10-14(12-23-18)13-4-6-15(7-5-13)27-16-8-9-22-17(11-16)19(24)21-2;1-19-17(22)15-9-14(6-7-20-15)25-13-4-2-11(3-5-13)12-8-16(18(23)24)21-10-12/h4-12,23H,3H2,1-2H3,(H,21,24);2-10,21H,1H3,(H,19,22)(H,23,24). The molecule has 0 fully saturated rings. The van der Waals surface area contributed by atoms with Crippen LogP contribution in [0, 0.1) is 0 Å². The van der Waals surface area contributed by atoms with Crippen molar-refractivity contribution >= 4 is 23.8 Å². The zero-order valence-corrected chi connectivity index (χ0v) is 28.3. The third-order valence-corrected chi connectivity index (χ3v) is 7.32. The number of nitrogens with one attached hydrogen (secondary N) is 4. The fourth-order valence-electron chi connectivity index (χ4n) is 4.73. The van der Waals surface area contributed by atoms with Gasteiger partial charge in [0.25, 0.3) is 11.8 Å². The lowest BCUT2D eigenvalue weighted by Crippen LogP contribution is -2.18. The molecule has 0 spiro atoms. The molecule has 0 unspecified atom stereocenters. The van der Waals surface area contributed by atoms with E-state index in [-0.39, 0.29) is 34.9 Å². The molecule has 4 aromatic heterocycles. The minimum absolute atomic E-state index is 0.133. The average Bonchev–Trinajstić information content (AvgIpc) is 3.87. The maximum absolute atomic E-state index is 11.7. The van der Waals surface area contributed by atoms with Crippen LogP contribution in [0.1, 0.15) is 48.9 Å². The van der Waals surface area contributed by atoms with E-state index in [1.54, 1.807) is 74.9 Å². The Labute approximate surface area is 297 Å². The van der Waals surface area contributed by atoms with Crippen molar-refractivity contribution in [2.24, 2.45) is 0 Å². The Hall–Kier alpha value is -7.22. The first-order valence-corrected chi connectivity index (χ1v) is 15.9. The predicted octanol–water partition coefficient (Wildman–Crippen LogP) is 6.33. The number of carbonyl (C=O) groups excluding carboxylic acids is 3. The Morgan fingerprint density at radius 3 is 1.46 bits per heavy atom. The zero-order valence-electron chi connectivity index (χ0n) is 28.3. The third kappa shape index (κ3) is 9.26. The van der Waals surface area contributed by atoms with Crippen molar-refractivity contribution in [3.63, 3.8) is 0 Å². The molecule has 6 aromatic rings. The maximum atomic E-state index is 11.7. The van der Waals surface area contributed by atoms with Crippen LogP contribution in [-0.4, -0.2) is 69.5 Å². The number of aromatic carboxylic acids is 1. The van der Waals surface area contributed by atoms with Gasteiger partial charge < -0.3 is 39.9 Å². The van der Waals surface area contributed by atoms with Gasteiger partial charge in [-0.2, -0.15) is 0 Å². The summed E-state index contributed by atoms with van der Waals surface area (Å²) in [4.78, 5) is 59.5. The number of carbonyl (C=O) groups is 4. The van der Waals surface area contributed by atoms with Gasteiger partial charge in [-0.15, -0.1) is 0 Å². The molecule has 14 heteroatoms. The molecule has 2 amide bonds. The smallest absolute Gasteiger partial charge is 0.354 e. The van der Waals surface area contributed by atoms with Crippen LogP contribution in [-0.2, 0) is 4.74 Å². The molecule has 2 aromatic carbocycles. The molecule has 264 valence electrons. The Bertz CT molecular complexity index is 2170. The number of carboxylic acids is 1. The Morgan fingerprint density at radius 2 is 1.06 bits per heavy atom. The van der Waals surface area contributed by atoms with E-state index in [9.17, 15) is 19.2 Å². The van der Waals surface area contributed by atoms with Crippen LogP contribution in [0.4, 0.5) is 0 Å². The molecule has 52 heavy (non-hydrogen) atoms. The van der Waals surface area contributed by atoms with Gasteiger partial charge in [0, 0.05) is 51.0 Å². The second-order valence-corrected chi connectivity index (χ2v) is 10.8. The SMILES string of the molecule is CCOC(=O)c1cc(-c2ccc(Oc3ccnc(C(=O)NC)c3)cc2)c[nH]1.CNC(=O)c1cc(Oc2ccc(-c3c[nH]c(C(=O)O)c3)cc2)ccn1. The summed E-state index contributed by atoms with van der Waals surface area (Å²) in [7, 11) is 3.08. The van der Waals surface area contributed by atoms with E-state index in [0.717, 1.165) is 22.3 Å². The molecule has 0 radical (unpaired) electrons. The van der Waals surface area contributed by atoms with E-state index >= 15 is 0 Å². The second kappa shape index (κ2) is 16.9. The molecule has 0 aliphatic carbocycles. The molecule has 5 N–H and O–H groups in total. The Kier molecular flexibility index (Phi) is 11.7. The van der Waals surface area contributed by atoms with Gasteiger partial charge >= 0.3 is 11.9 Å². The summed E-state index contributed by atoms with van der Waals surface area (Å²) in [6.45, 7) is 2.09. The molecule has 0 aliphatic heterocycles. The molecule has 0 bridgehead atoms. The molecule has 0 saturated heterocycles. The lowest BCUT2D eigenvalue weighted by molar-refractivity contribution is 0.0519. The first-order valence-electron chi connectivity index (χ1n) is 15.9. The van der Waals surface area contributed by atoms with E-state index in [1.807, 2.05) is 36.4 Å². The van der Waals surface area contributed by atoms with E-state index in [2.05, 4.69) is 30.6 Å². The van der Waals surface area contributed by atoms with Crippen LogP contribution in [0.3, 0.4) is 0 Å². The summed E-state index contributed by atoms with van der Waals surface area (Å²) >= 11 is 0. The molecule has 0 saturated carbocycles. The fraction of sp³-hybridized carbons (Fsp3) is 0.105. The highest BCUT2D eigenvalue weighted by Crippen LogP contribution is 2.28. The van der Waals surface area contributed by atoms with Crippen LogP contribution in [0.25, 0.3) is 22.3 Å². The van der Waals surface area contributed by atoms with Gasteiger partial charge in [-0.25, -0.2) is 9.59 Å². The van der Waals surface area contributed by atoms with Crippen LogP contribution in [0.2, 0.25) is 0 Å². The second-order valence-electron chi connectivity index (χ2n) is 10.8. The minimum Gasteiger partial charge on any atom is -0.477 e. The minimum atomic E-state index is -1.00. The van der Waals surface area contributed by atoms with E-state index in [4.69, 9.17) is 19.3 Å². The van der Waals surface area contributed by atoms with Crippen molar-refractivity contribution in [1.29, 1.82) is 0 Å². The number of ether oxygens (including phenoxy) is 3. The molecule has 6 rings (SSSR count). The number of aromatic nitrogens is 4. The number of pyridine rings is 2. The highest BCUT2D eigenvalue weighted by molar-refractivity contribution is 5.93. The number of rotatable bonds is 11. The first-order chi connectivity index (χ1) is 25.2. The van der Waals surface area contributed by atoms with Gasteiger partial charge in [0.1, 0.15) is 45.8 Å². The van der Waals surface area contributed by atoms with Crippen LogP contribution >= 0.6 is 0 Å². The zero-order chi connectivity index (χ0) is 37.0. The Balaban J connectivity index is 0.000000202. The highest BCUT2D eigenvalue weighted by Gasteiger charge is 2.12. The summed E-state index contributed by atoms with van der Waals surface area (Å²) in [6.07, 6.45) is 6.41. The normalized spacial score (nSPS) is 10.3. The monoisotopic (exact) mass is 702 g/mol. The Morgan fingerprint density at radius 1 is 0.615 bits per heavy atom. The van der Waals surface area contributed by atoms with Gasteiger partial charge in [0.15, 0.2) is 0 Å². The number of esters is 1. The van der Waals surface area contributed by atoms with Crippen molar-refractivity contribution in [2.75, 3.05) is 20.7 Å². The van der Waals surface area contributed by atoms with Gasteiger partial charge in [-0.3, -0.25) is 19.6 Å². The number of aromatic amines is 2. The largest absolute Gasteiger partial charge is 0.477 e. The van der Waals surface area contributed by atoms with Crippen LogP contribution < -0.4 is 20.1 Å². The lowest BCUT2D eigenvalue weighted by atomic mass is 10.1. The van der Waals surface area contributed by atoms with Crippen LogP contribution in [0.5, 0.6) is 23.0 Å². The average molecular weight is 703 g/mol. The first kappa shape index (κ1) is 36.1. The summed E-state index contributed by atoms with van der Waals surface area (Å²) in [5.74, 6) is 0.270. The highest BCUT2D eigenvalue weighted by atomic mass is 16.5. The fourth-order valence-corrected chi connectivity index (χ4v) is 4.73. The molecule has 4 heterocycles. The van der Waals surface area contributed by atoms with Gasteiger partial charge in [-0.1, -0.05) is 24.3 Å². The van der Waals surface area contributed by atoms with Gasteiger partial charge in [0.2, 0.25) is 0 Å². The van der Waals surface area contributed by atoms with Crippen molar-refractivity contribution in [3.05, 3.63) is 132 Å². The predicted molar refractivity (Wildman–Crippen MR) is 191 cm³/mol. The maximum Gasteiger partial charge on any atom is 0.354 e. The number of nitrogens with zero attached hydrogens (tertiary/aromatic N) is 2. The van der Waals surface area contributed by atoms with Gasteiger partial charge in [0.05, 0.1) is 6.61 Å². The summed E-state index contributed by atoms with van der Waals surface area (Å²) in [5, 5.41) is 14.0. The van der Waals surface area contributed by atoms with Gasteiger partial charge in [-0.05, 0) is 77.7 Å². The summed E-state index contributed by atoms with van der Waals surface area (Å²) < 4.78 is 16.5. The quantitative estimate of drug-likeness (QED) is 0.0951. The number of carboxylic acid groups (broad SMARTS) is 1. The van der Waals surface area contributed by atoms with Crippen LogP contribution in [0.15, 0.2) is 110 Å². The topological polar surface area (TPSA) is 198 Å². The van der Waals surface area contributed by atoms with Crippen molar-refractivity contribution in [2.45, 2.75) is 6.92 Å². The number of amides is 2. The molecular weight excluding hydrogens is 668 g/mol. The summed E-state index contributed by atoms with van der Waals surface area (Å²) in [5.41, 5.74) is 4.52.